The van der Waals surface area contributed by atoms with Crippen LogP contribution in [0.25, 0.3) is 0 Å². The third-order valence-electron chi connectivity index (χ3n) is 1.95. The zero-order valence-corrected chi connectivity index (χ0v) is 15.8. The van der Waals surface area contributed by atoms with Crippen molar-refractivity contribution in [2.45, 2.75) is 22.5 Å². The van der Waals surface area contributed by atoms with Crippen LogP contribution in [0.1, 0.15) is 13.8 Å². The summed E-state index contributed by atoms with van der Waals surface area (Å²) in [4.78, 5) is 23.3. The van der Waals surface area contributed by atoms with Gasteiger partial charge in [0.25, 0.3) is 0 Å². The van der Waals surface area contributed by atoms with Gasteiger partial charge in [0.1, 0.15) is 8.65 Å². The van der Waals surface area contributed by atoms with E-state index >= 15 is 0 Å². The minimum Gasteiger partial charge on any atom is -0.337 e. The highest BCUT2D eigenvalue weighted by Crippen LogP contribution is 2.20. The molecule has 0 heterocycles. The monoisotopic (exact) mass is 498 g/mol. The first-order valence-electron chi connectivity index (χ1n) is 4.73. The van der Waals surface area contributed by atoms with Crippen LogP contribution in [0.4, 0.5) is 0 Å². The summed E-state index contributed by atoms with van der Waals surface area (Å²) in [6.07, 6.45) is 0. The highest BCUT2D eigenvalue weighted by molar-refractivity contribution is 9.13. The van der Waals surface area contributed by atoms with Crippen molar-refractivity contribution in [1.82, 2.24) is 10.6 Å². The van der Waals surface area contributed by atoms with Crippen molar-refractivity contribution in [3.05, 3.63) is 0 Å². The van der Waals surface area contributed by atoms with Crippen molar-refractivity contribution in [1.29, 1.82) is 0 Å². The molecule has 0 aromatic heterocycles. The molecule has 8 heteroatoms. The first-order chi connectivity index (χ1) is 7.67. The number of amides is 2. The van der Waals surface area contributed by atoms with Gasteiger partial charge in [-0.15, -0.1) is 0 Å². The van der Waals surface area contributed by atoms with E-state index in [0.29, 0.717) is 10.7 Å². The van der Waals surface area contributed by atoms with Crippen LogP contribution in [0.2, 0.25) is 0 Å². The quantitative estimate of drug-likeness (QED) is 0.433. The lowest BCUT2D eigenvalue weighted by Crippen LogP contribution is -2.49. The molecule has 0 aliphatic heterocycles. The summed E-state index contributed by atoms with van der Waals surface area (Å²) < 4.78 is -1.35. The highest BCUT2D eigenvalue weighted by Gasteiger charge is 2.30. The van der Waals surface area contributed by atoms with Gasteiger partial charge in [-0.3, -0.25) is 9.59 Å². The second-order valence-electron chi connectivity index (χ2n) is 3.85. The smallest absolute Gasteiger partial charge is 0.238 e. The van der Waals surface area contributed by atoms with E-state index in [1.54, 1.807) is 13.8 Å². The molecule has 0 aromatic rings. The Balaban J connectivity index is 4.10. The number of alkyl halides is 4. The molecular formula is C9H14Br4N2O2. The lowest BCUT2D eigenvalue weighted by atomic mass is 10.2. The fourth-order valence-corrected chi connectivity index (χ4v) is 1.48. The molecule has 2 unspecified atom stereocenters. The summed E-state index contributed by atoms with van der Waals surface area (Å²) in [6, 6.07) is 0. The van der Waals surface area contributed by atoms with Gasteiger partial charge in [0, 0.05) is 10.7 Å². The largest absolute Gasteiger partial charge is 0.337 e. The van der Waals surface area contributed by atoms with E-state index in [4.69, 9.17) is 0 Å². The molecule has 0 aromatic carbocycles. The predicted molar refractivity (Wildman–Crippen MR) is 83.4 cm³/mol. The Hall–Kier alpha value is 0.860. The van der Waals surface area contributed by atoms with Gasteiger partial charge in [-0.2, -0.15) is 0 Å². The van der Waals surface area contributed by atoms with Crippen LogP contribution < -0.4 is 10.6 Å². The van der Waals surface area contributed by atoms with Gasteiger partial charge < -0.3 is 10.6 Å². The van der Waals surface area contributed by atoms with Crippen LogP contribution in [-0.2, 0) is 9.59 Å². The van der Waals surface area contributed by atoms with E-state index in [-0.39, 0.29) is 18.5 Å². The summed E-state index contributed by atoms with van der Waals surface area (Å²) >= 11 is 13.0. The number of hydrogen-bond donors (Lipinski definition) is 2. The molecule has 100 valence electrons. The zero-order chi connectivity index (χ0) is 13.7. The highest BCUT2D eigenvalue weighted by atomic mass is 79.9. The molecule has 0 rings (SSSR count). The fraction of sp³-hybridized carbons (Fsp3) is 0.778. The van der Waals surface area contributed by atoms with Crippen molar-refractivity contribution in [2.24, 2.45) is 0 Å². The predicted octanol–water partition coefficient (Wildman–Crippen LogP) is 2.27. The van der Waals surface area contributed by atoms with E-state index in [1.165, 1.54) is 0 Å². The second kappa shape index (κ2) is 7.45. The van der Waals surface area contributed by atoms with Gasteiger partial charge >= 0.3 is 0 Å². The summed E-state index contributed by atoms with van der Waals surface area (Å²) in [5, 5.41) is 6.20. The van der Waals surface area contributed by atoms with Gasteiger partial charge in [0.05, 0.1) is 6.67 Å². The average Bonchev–Trinajstić information content (AvgIpc) is 2.28. The molecule has 0 aliphatic rings. The molecule has 0 fully saturated rings. The average molecular weight is 502 g/mol. The Kier molecular flexibility index (Phi) is 7.83. The molecule has 2 N–H and O–H groups in total. The maximum Gasteiger partial charge on any atom is 0.238 e. The minimum absolute atomic E-state index is 0.0973. The van der Waals surface area contributed by atoms with E-state index in [1.807, 2.05) is 0 Å². The molecule has 0 radical (unpaired) electrons. The molecule has 0 spiro atoms. The second-order valence-corrected chi connectivity index (χ2v) is 8.47. The lowest BCUT2D eigenvalue weighted by molar-refractivity contribution is -0.124. The third-order valence-corrected chi connectivity index (χ3v) is 6.98. The van der Waals surface area contributed by atoms with E-state index in [0.717, 1.165) is 0 Å². The van der Waals surface area contributed by atoms with Crippen LogP contribution in [0.15, 0.2) is 0 Å². The molecule has 0 saturated carbocycles. The van der Waals surface area contributed by atoms with Gasteiger partial charge in [0.2, 0.25) is 11.8 Å². The van der Waals surface area contributed by atoms with E-state index < -0.39 is 8.65 Å². The Labute approximate surface area is 135 Å². The van der Waals surface area contributed by atoms with Gasteiger partial charge in [-0.05, 0) is 13.8 Å². The topological polar surface area (TPSA) is 58.2 Å². The Bertz CT molecular complexity index is 267. The number of nitrogens with one attached hydrogen (secondary N) is 2. The minimum atomic E-state index is -0.676. The van der Waals surface area contributed by atoms with Crippen molar-refractivity contribution in [3.63, 3.8) is 0 Å². The SMILES string of the molecule is CC(Br)(CBr)C(=O)NCNC(=O)C(C)(Br)CBr. The molecule has 0 saturated heterocycles. The zero-order valence-electron chi connectivity index (χ0n) is 9.45. The van der Waals surface area contributed by atoms with Gasteiger partial charge in [-0.25, -0.2) is 0 Å². The van der Waals surface area contributed by atoms with Crippen LogP contribution in [0.5, 0.6) is 0 Å². The molecule has 2 amide bonds. The van der Waals surface area contributed by atoms with Gasteiger partial charge in [-0.1, -0.05) is 63.7 Å². The number of halogens is 4. The molecule has 0 aliphatic carbocycles. The Morgan fingerprint density at radius 1 is 0.941 bits per heavy atom. The maximum absolute atomic E-state index is 11.6. The first-order valence-corrected chi connectivity index (χ1v) is 8.56. The maximum atomic E-state index is 11.6. The third kappa shape index (κ3) is 6.02. The van der Waals surface area contributed by atoms with Crippen LogP contribution >= 0.6 is 63.7 Å². The van der Waals surface area contributed by atoms with Crippen molar-refractivity contribution in [2.75, 3.05) is 17.3 Å². The standard InChI is InChI=1S/C9H14Br4N2O2/c1-8(12,3-10)6(16)14-5-15-7(17)9(2,13)4-11/h3-5H2,1-2H3,(H,14,16)(H,15,17). The summed E-state index contributed by atoms with van der Waals surface area (Å²) in [6.45, 7) is 3.58. The Morgan fingerprint density at radius 3 is 1.47 bits per heavy atom. The fourth-order valence-electron chi connectivity index (χ4n) is 0.695. The molecule has 0 bridgehead atoms. The van der Waals surface area contributed by atoms with E-state index in [9.17, 15) is 9.59 Å². The molecule has 4 nitrogen and oxygen atoms in total. The van der Waals surface area contributed by atoms with Gasteiger partial charge in [0.15, 0.2) is 0 Å². The number of hydrogen-bond acceptors (Lipinski definition) is 2. The lowest BCUT2D eigenvalue weighted by Gasteiger charge is -2.21. The van der Waals surface area contributed by atoms with Crippen LogP contribution in [0, 0.1) is 0 Å². The number of carbonyl (C=O) groups excluding carboxylic acids is 2. The summed E-state index contributed by atoms with van der Waals surface area (Å²) in [7, 11) is 0. The molecular weight excluding hydrogens is 488 g/mol. The summed E-state index contributed by atoms with van der Waals surface area (Å²) in [5.74, 6) is -0.380. The molecule has 17 heavy (non-hydrogen) atoms. The van der Waals surface area contributed by atoms with Crippen molar-refractivity contribution >= 4 is 75.5 Å². The first kappa shape index (κ1) is 17.9. The van der Waals surface area contributed by atoms with E-state index in [2.05, 4.69) is 74.4 Å². The van der Waals surface area contributed by atoms with Crippen molar-refractivity contribution in [3.8, 4) is 0 Å². The summed E-state index contributed by atoms with van der Waals surface area (Å²) in [5.41, 5.74) is 0. The Morgan fingerprint density at radius 2 is 1.24 bits per heavy atom. The normalized spacial score (nSPS) is 17.8. The van der Waals surface area contributed by atoms with Crippen LogP contribution in [0.3, 0.4) is 0 Å². The number of carbonyl (C=O) groups is 2. The van der Waals surface area contributed by atoms with Crippen molar-refractivity contribution < 1.29 is 9.59 Å². The molecule has 2 atom stereocenters. The number of rotatable bonds is 6. The van der Waals surface area contributed by atoms with Crippen LogP contribution in [-0.4, -0.2) is 37.8 Å².